The van der Waals surface area contributed by atoms with Crippen molar-refractivity contribution < 1.29 is 43.8 Å². The highest BCUT2D eigenvalue weighted by molar-refractivity contribution is 6.05. The minimum Gasteiger partial charge on any atom is -0.481 e. The largest absolute Gasteiger partial charge is 0.481 e. The Morgan fingerprint density at radius 1 is 1.05 bits per heavy atom. The molecule has 1 aromatic rings. The summed E-state index contributed by atoms with van der Waals surface area (Å²) < 4.78 is 0. The molecule has 0 aromatic heterocycles. The fourth-order valence-electron chi connectivity index (χ4n) is 4.03. The Hall–Kier alpha value is -4.29. The molecule has 4 amide bonds. The van der Waals surface area contributed by atoms with Crippen LogP contribution in [0.1, 0.15) is 45.1 Å². The molecule has 0 aliphatic carbocycles. The summed E-state index contributed by atoms with van der Waals surface area (Å²) in [5.41, 5.74) is 1.12. The highest BCUT2D eigenvalue weighted by Crippen LogP contribution is 2.32. The highest BCUT2D eigenvalue weighted by atomic mass is 16.4. The number of rotatable bonds is 14. The molecule has 1 aliphatic heterocycles. The van der Waals surface area contributed by atoms with E-state index in [9.17, 15) is 33.6 Å². The predicted octanol–water partition coefficient (Wildman–Crippen LogP) is -0.385. The van der Waals surface area contributed by atoms with Gasteiger partial charge in [0.2, 0.25) is 23.6 Å². The zero-order chi connectivity index (χ0) is 28.4. The molecule has 5 N–H and O–H groups in total. The number of anilines is 1. The molecular weight excluding hydrogens is 500 g/mol. The Bertz CT molecular complexity index is 1090. The monoisotopic (exact) mass is 532 g/mol. The van der Waals surface area contributed by atoms with E-state index in [1.54, 1.807) is 38.1 Å². The van der Waals surface area contributed by atoms with Gasteiger partial charge >= 0.3 is 11.9 Å². The molecule has 1 heterocycles. The van der Waals surface area contributed by atoms with Gasteiger partial charge in [0.05, 0.1) is 25.4 Å². The Morgan fingerprint density at radius 2 is 1.74 bits per heavy atom. The molecular formula is C25H32N4O9. The summed E-state index contributed by atoms with van der Waals surface area (Å²) in [6.07, 6.45) is -0.376. The molecule has 4 atom stereocenters. The summed E-state index contributed by atoms with van der Waals surface area (Å²) in [5, 5.41) is 25.1. The maximum absolute atomic E-state index is 13.2. The standard InChI is InChI=1S/C25H32N4O9/c1-3-14(2)23(28-19(31)8-9-21(33)34)25(38)26-12-20(32)29-17-7-5-4-6-15(17)10-18(29)24(37)27-16(13-30)11-22(35)36/h4-7,13-14,16,18,23H,3,8-12H2,1-2H3,(H,26,38)(H,27,37)(H,28,31)(H,33,34)(H,35,36)/t14-,16?,18-,23-/m0/s1. The molecule has 0 radical (unpaired) electrons. The summed E-state index contributed by atoms with van der Waals surface area (Å²) in [6, 6.07) is 3.39. The number of para-hydroxylation sites is 1. The van der Waals surface area contributed by atoms with Crippen molar-refractivity contribution in [3.05, 3.63) is 29.8 Å². The summed E-state index contributed by atoms with van der Waals surface area (Å²) in [6.45, 7) is 3.02. The van der Waals surface area contributed by atoms with Crippen molar-refractivity contribution in [3.63, 3.8) is 0 Å². The Balaban J connectivity index is 2.14. The Labute approximate surface area is 218 Å². The van der Waals surface area contributed by atoms with Crippen LogP contribution in [0.4, 0.5) is 5.69 Å². The molecule has 0 spiro atoms. The quantitative estimate of drug-likeness (QED) is 0.198. The molecule has 2 rings (SSSR count). The van der Waals surface area contributed by atoms with E-state index in [0.717, 1.165) is 0 Å². The average molecular weight is 533 g/mol. The highest BCUT2D eigenvalue weighted by Gasteiger charge is 2.39. The van der Waals surface area contributed by atoms with Crippen LogP contribution >= 0.6 is 0 Å². The van der Waals surface area contributed by atoms with Gasteiger partial charge in [0.1, 0.15) is 18.4 Å². The number of aldehydes is 1. The van der Waals surface area contributed by atoms with Crippen LogP contribution in [0.5, 0.6) is 0 Å². The van der Waals surface area contributed by atoms with E-state index in [0.29, 0.717) is 24.0 Å². The number of carboxylic acids is 2. The topological polar surface area (TPSA) is 199 Å². The van der Waals surface area contributed by atoms with Crippen LogP contribution in [0.25, 0.3) is 0 Å². The van der Waals surface area contributed by atoms with Crippen molar-refractivity contribution in [1.29, 1.82) is 0 Å². The van der Waals surface area contributed by atoms with E-state index >= 15 is 0 Å². The van der Waals surface area contributed by atoms with E-state index in [-0.39, 0.29) is 18.8 Å². The van der Waals surface area contributed by atoms with E-state index in [1.807, 2.05) is 0 Å². The molecule has 38 heavy (non-hydrogen) atoms. The van der Waals surface area contributed by atoms with Crippen LogP contribution in [0.3, 0.4) is 0 Å². The number of nitrogens with zero attached hydrogens (tertiary/aromatic N) is 1. The summed E-state index contributed by atoms with van der Waals surface area (Å²) in [5.74, 6) is -5.37. The molecule has 206 valence electrons. The van der Waals surface area contributed by atoms with Gasteiger partial charge in [-0.25, -0.2) is 0 Å². The number of fused-ring (bicyclic) bond motifs is 1. The number of hydrogen-bond acceptors (Lipinski definition) is 7. The van der Waals surface area contributed by atoms with Gasteiger partial charge < -0.3 is 31.0 Å². The molecule has 1 unspecified atom stereocenters. The molecule has 0 bridgehead atoms. The first kappa shape index (κ1) is 29.9. The summed E-state index contributed by atoms with van der Waals surface area (Å²) in [7, 11) is 0. The van der Waals surface area contributed by atoms with Crippen molar-refractivity contribution in [2.24, 2.45) is 5.92 Å². The van der Waals surface area contributed by atoms with Crippen LogP contribution in [-0.2, 0) is 40.0 Å². The number of carbonyl (C=O) groups is 7. The lowest BCUT2D eigenvalue weighted by Gasteiger charge is -2.27. The minimum atomic E-state index is -1.28. The van der Waals surface area contributed by atoms with E-state index < -0.39 is 73.1 Å². The van der Waals surface area contributed by atoms with Gasteiger partial charge in [-0.3, -0.25) is 33.7 Å². The van der Waals surface area contributed by atoms with E-state index in [2.05, 4.69) is 16.0 Å². The fraction of sp³-hybridized carbons (Fsp3) is 0.480. The maximum Gasteiger partial charge on any atom is 0.305 e. The second kappa shape index (κ2) is 13.9. The zero-order valence-electron chi connectivity index (χ0n) is 21.1. The number of aliphatic carboxylic acids is 2. The van der Waals surface area contributed by atoms with Crippen LogP contribution in [-0.4, -0.2) is 76.7 Å². The first-order chi connectivity index (χ1) is 18.0. The molecule has 13 nitrogen and oxygen atoms in total. The van der Waals surface area contributed by atoms with Gasteiger partial charge in [-0.15, -0.1) is 0 Å². The number of amides is 4. The molecule has 1 aromatic carbocycles. The van der Waals surface area contributed by atoms with Gasteiger partial charge in [-0.2, -0.15) is 0 Å². The predicted molar refractivity (Wildman–Crippen MR) is 133 cm³/mol. The van der Waals surface area contributed by atoms with Gasteiger partial charge in [-0.1, -0.05) is 38.5 Å². The van der Waals surface area contributed by atoms with Crippen molar-refractivity contribution in [3.8, 4) is 0 Å². The fourth-order valence-corrected chi connectivity index (χ4v) is 4.03. The van der Waals surface area contributed by atoms with Crippen LogP contribution < -0.4 is 20.9 Å². The second-order valence-electron chi connectivity index (χ2n) is 9.00. The first-order valence-corrected chi connectivity index (χ1v) is 12.1. The first-order valence-electron chi connectivity index (χ1n) is 12.1. The lowest BCUT2D eigenvalue weighted by Crippen LogP contribution is -2.55. The SMILES string of the molecule is CC[C@H](C)[C@H](NC(=O)CCC(=O)O)C(=O)NCC(=O)N1c2ccccc2C[C@H]1C(=O)NC(C=O)CC(=O)O. The van der Waals surface area contributed by atoms with Crippen molar-refractivity contribution in [2.45, 2.75) is 64.1 Å². The zero-order valence-corrected chi connectivity index (χ0v) is 21.1. The smallest absolute Gasteiger partial charge is 0.305 e. The number of hydrogen-bond donors (Lipinski definition) is 5. The molecule has 0 saturated carbocycles. The average Bonchev–Trinajstić information content (AvgIpc) is 3.27. The van der Waals surface area contributed by atoms with Crippen LogP contribution in [0.2, 0.25) is 0 Å². The van der Waals surface area contributed by atoms with E-state index in [1.165, 1.54) is 4.90 Å². The third kappa shape index (κ3) is 8.11. The number of nitrogens with one attached hydrogen (secondary N) is 3. The molecule has 0 saturated heterocycles. The van der Waals surface area contributed by atoms with Gasteiger partial charge in [0.25, 0.3) is 0 Å². The molecule has 13 heteroatoms. The summed E-state index contributed by atoms with van der Waals surface area (Å²) in [4.78, 5) is 85.3. The van der Waals surface area contributed by atoms with E-state index in [4.69, 9.17) is 10.2 Å². The van der Waals surface area contributed by atoms with Crippen LogP contribution in [0, 0.1) is 5.92 Å². The van der Waals surface area contributed by atoms with Crippen molar-refractivity contribution in [2.75, 3.05) is 11.4 Å². The lowest BCUT2D eigenvalue weighted by atomic mass is 9.98. The number of benzene rings is 1. The normalized spacial score (nSPS) is 16.4. The molecule has 0 fully saturated rings. The maximum atomic E-state index is 13.2. The van der Waals surface area contributed by atoms with Gasteiger partial charge in [0.15, 0.2) is 0 Å². The van der Waals surface area contributed by atoms with Gasteiger partial charge in [-0.05, 0) is 17.5 Å². The van der Waals surface area contributed by atoms with Crippen molar-refractivity contribution >= 4 is 47.5 Å². The summed E-state index contributed by atoms with van der Waals surface area (Å²) >= 11 is 0. The minimum absolute atomic E-state index is 0.121. The third-order valence-electron chi connectivity index (χ3n) is 6.23. The number of carbonyl (C=O) groups excluding carboxylic acids is 5. The molecule has 1 aliphatic rings. The third-order valence-corrected chi connectivity index (χ3v) is 6.23. The number of carboxylic acid groups (broad SMARTS) is 2. The van der Waals surface area contributed by atoms with Gasteiger partial charge in [0, 0.05) is 18.5 Å². The lowest BCUT2D eigenvalue weighted by molar-refractivity contribution is -0.139. The van der Waals surface area contributed by atoms with Crippen LogP contribution in [0.15, 0.2) is 24.3 Å². The second-order valence-corrected chi connectivity index (χ2v) is 9.00. The Morgan fingerprint density at radius 3 is 2.34 bits per heavy atom. The Kier molecular flexibility index (Phi) is 10.9. The van der Waals surface area contributed by atoms with Crippen molar-refractivity contribution in [1.82, 2.24) is 16.0 Å².